The van der Waals surface area contributed by atoms with Crippen molar-refractivity contribution < 1.29 is 4.79 Å². The Labute approximate surface area is 92.2 Å². The fourth-order valence-electron chi connectivity index (χ4n) is 1.92. The number of amides is 1. The van der Waals surface area contributed by atoms with Crippen molar-refractivity contribution in [3.63, 3.8) is 0 Å². The second-order valence-electron chi connectivity index (χ2n) is 4.23. The van der Waals surface area contributed by atoms with Crippen LogP contribution in [0.2, 0.25) is 0 Å². The van der Waals surface area contributed by atoms with Crippen LogP contribution in [0.15, 0.2) is 0 Å². The molecule has 1 heterocycles. The zero-order valence-electron chi connectivity index (χ0n) is 9.67. The molecule has 0 aromatic carbocycles. The van der Waals surface area contributed by atoms with E-state index in [1.807, 2.05) is 6.92 Å². The van der Waals surface area contributed by atoms with Crippen molar-refractivity contribution in [1.82, 2.24) is 10.2 Å². The van der Waals surface area contributed by atoms with Gasteiger partial charge in [0.25, 0.3) is 0 Å². The summed E-state index contributed by atoms with van der Waals surface area (Å²) in [4.78, 5) is 13.8. The quantitative estimate of drug-likeness (QED) is 0.668. The largest absolute Gasteiger partial charge is 0.353 e. The Bertz CT molecular complexity index is 190. The third kappa shape index (κ3) is 4.62. The maximum Gasteiger partial charge on any atom is 0.236 e. The van der Waals surface area contributed by atoms with E-state index in [4.69, 9.17) is 5.73 Å². The van der Waals surface area contributed by atoms with Crippen LogP contribution in [0, 0.1) is 0 Å². The van der Waals surface area contributed by atoms with Crippen molar-refractivity contribution in [2.75, 3.05) is 26.2 Å². The van der Waals surface area contributed by atoms with Gasteiger partial charge in [-0.25, -0.2) is 0 Å². The summed E-state index contributed by atoms with van der Waals surface area (Å²) in [7, 11) is 0. The summed E-state index contributed by atoms with van der Waals surface area (Å²) in [5.41, 5.74) is 5.70. The zero-order valence-corrected chi connectivity index (χ0v) is 9.67. The van der Waals surface area contributed by atoms with E-state index < -0.39 is 0 Å². The first-order chi connectivity index (χ1) is 7.24. The smallest absolute Gasteiger partial charge is 0.236 e. The molecule has 1 rings (SSSR count). The van der Waals surface area contributed by atoms with Gasteiger partial charge in [-0.2, -0.15) is 0 Å². The molecule has 0 aromatic heterocycles. The molecule has 1 amide bonds. The average molecular weight is 213 g/mol. The highest BCUT2D eigenvalue weighted by molar-refractivity contribution is 5.81. The number of nitrogens with two attached hydrogens (primary N) is 1. The van der Waals surface area contributed by atoms with E-state index >= 15 is 0 Å². The van der Waals surface area contributed by atoms with Crippen molar-refractivity contribution in [3.8, 4) is 0 Å². The Morgan fingerprint density at radius 3 is 2.73 bits per heavy atom. The summed E-state index contributed by atoms with van der Waals surface area (Å²) >= 11 is 0. The van der Waals surface area contributed by atoms with Gasteiger partial charge in [0.1, 0.15) is 0 Å². The fourth-order valence-corrected chi connectivity index (χ4v) is 1.92. The van der Waals surface area contributed by atoms with Gasteiger partial charge >= 0.3 is 0 Å². The van der Waals surface area contributed by atoms with E-state index in [1.54, 1.807) is 0 Å². The third-order valence-electron chi connectivity index (χ3n) is 2.86. The molecule has 0 spiro atoms. The van der Waals surface area contributed by atoms with Crippen molar-refractivity contribution >= 4 is 5.91 Å². The van der Waals surface area contributed by atoms with Crippen LogP contribution in [0.4, 0.5) is 0 Å². The van der Waals surface area contributed by atoms with Crippen LogP contribution < -0.4 is 11.1 Å². The second-order valence-corrected chi connectivity index (χ2v) is 4.23. The van der Waals surface area contributed by atoms with Gasteiger partial charge in [-0.1, -0.05) is 13.3 Å². The Hall–Kier alpha value is -0.610. The van der Waals surface area contributed by atoms with E-state index in [0.29, 0.717) is 0 Å². The van der Waals surface area contributed by atoms with Crippen LogP contribution in [-0.4, -0.2) is 43.0 Å². The van der Waals surface area contributed by atoms with Crippen LogP contribution >= 0.6 is 0 Å². The highest BCUT2D eigenvalue weighted by atomic mass is 16.2. The van der Waals surface area contributed by atoms with Crippen LogP contribution in [0.3, 0.4) is 0 Å². The van der Waals surface area contributed by atoms with Gasteiger partial charge in [-0.05, 0) is 32.4 Å². The van der Waals surface area contributed by atoms with Gasteiger partial charge in [0, 0.05) is 13.1 Å². The third-order valence-corrected chi connectivity index (χ3v) is 2.86. The van der Waals surface area contributed by atoms with Gasteiger partial charge < -0.3 is 16.0 Å². The van der Waals surface area contributed by atoms with Crippen molar-refractivity contribution in [2.24, 2.45) is 5.73 Å². The minimum absolute atomic E-state index is 0.00366. The summed E-state index contributed by atoms with van der Waals surface area (Å²) in [5.74, 6) is -0.00366. The standard InChI is InChI=1S/C11H23N3O/c1-2-5-10(12)11(15)13-6-9-14-7-3-4-8-14/h10H,2-9,12H2,1H3,(H,13,15). The topological polar surface area (TPSA) is 58.4 Å². The highest BCUT2D eigenvalue weighted by Crippen LogP contribution is 2.05. The van der Waals surface area contributed by atoms with Crippen molar-refractivity contribution in [2.45, 2.75) is 38.6 Å². The first-order valence-corrected chi connectivity index (χ1v) is 5.99. The van der Waals surface area contributed by atoms with E-state index in [1.165, 1.54) is 25.9 Å². The molecule has 1 saturated heterocycles. The number of rotatable bonds is 6. The summed E-state index contributed by atoms with van der Waals surface area (Å²) in [6.45, 7) is 6.09. The molecule has 0 aliphatic carbocycles. The number of likely N-dealkylation sites (tertiary alicyclic amines) is 1. The van der Waals surface area contributed by atoms with Gasteiger partial charge in [0.15, 0.2) is 0 Å². The zero-order chi connectivity index (χ0) is 11.1. The molecule has 1 aliphatic heterocycles. The summed E-state index contributed by atoms with van der Waals surface area (Å²) in [6, 6.07) is -0.325. The maximum atomic E-state index is 11.5. The molecule has 0 aromatic rings. The Morgan fingerprint density at radius 1 is 1.47 bits per heavy atom. The molecule has 0 radical (unpaired) electrons. The Kier molecular flexibility index (Phi) is 5.65. The summed E-state index contributed by atoms with van der Waals surface area (Å²) in [5, 5.41) is 2.89. The number of hydrogen-bond donors (Lipinski definition) is 2. The molecule has 0 saturated carbocycles. The van der Waals surface area contributed by atoms with Gasteiger partial charge in [-0.3, -0.25) is 4.79 Å². The maximum absolute atomic E-state index is 11.5. The van der Waals surface area contributed by atoms with Crippen molar-refractivity contribution in [3.05, 3.63) is 0 Å². The number of carbonyl (C=O) groups excluding carboxylic acids is 1. The molecule has 1 unspecified atom stereocenters. The SMILES string of the molecule is CCCC(N)C(=O)NCCN1CCCC1. The van der Waals surface area contributed by atoms with Crippen LogP contribution in [0.5, 0.6) is 0 Å². The number of nitrogens with zero attached hydrogens (tertiary/aromatic N) is 1. The van der Waals surface area contributed by atoms with Gasteiger partial charge in [0.05, 0.1) is 6.04 Å². The normalized spacial score (nSPS) is 19.1. The minimum Gasteiger partial charge on any atom is -0.353 e. The molecule has 1 aliphatic rings. The second kappa shape index (κ2) is 6.80. The van der Waals surface area contributed by atoms with E-state index in [0.717, 1.165) is 25.9 Å². The molecule has 1 atom stereocenters. The average Bonchev–Trinajstić information content (AvgIpc) is 2.71. The fraction of sp³-hybridized carbons (Fsp3) is 0.909. The lowest BCUT2D eigenvalue weighted by molar-refractivity contribution is -0.122. The Morgan fingerprint density at radius 2 is 2.13 bits per heavy atom. The molecule has 4 nitrogen and oxygen atoms in total. The molecular weight excluding hydrogens is 190 g/mol. The lowest BCUT2D eigenvalue weighted by atomic mass is 10.2. The van der Waals surface area contributed by atoms with Crippen molar-refractivity contribution in [1.29, 1.82) is 0 Å². The number of nitrogens with one attached hydrogen (secondary N) is 1. The first-order valence-electron chi connectivity index (χ1n) is 5.99. The molecule has 0 bridgehead atoms. The number of hydrogen-bond acceptors (Lipinski definition) is 3. The molecule has 1 fully saturated rings. The number of carbonyl (C=O) groups is 1. The van der Waals surface area contributed by atoms with Crippen LogP contribution in [0.1, 0.15) is 32.6 Å². The van der Waals surface area contributed by atoms with E-state index in [2.05, 4.69) is 10.2 Å². The Balaban J connectivity index is 2.05. The molecule has 3 N–H and O–H groups in total. The van der Waals surface area contributed by atoms with E-state index in [-0.39, 0.29) is 11.9 Å². The summed E-state index contributed by atoms with van der Waals surface area (Å²) in [6.07, 6.45) is 4.32. The van der Waals surface area contributed by atoms with Gasteiger partial charge in [-0.15, -0.1) is 0 Å². The summed E-state index contributed by atoms with van der Waals surface area (Å²) < 4.78 is 0. The van der Waals surface area contributed by atoms with Gasteiger partial charge in [0.2, 0.25) is 5.91 Å². The lowest BCUT2D eigenvalue weighted by Crippen LogP contribution is -2.43. The van der Waals surface area contributed by atoms with E-state index in [9.17, 15) is 4.79 Å². The predicted octanol–water partition coefficient (Wildman–Crippen LogP) is 0.326. The minimum atomic E-state index is -0.325. The lowest BCUT2D eigenvalue weighted by Gasteiger charge is -2.16. The van der Waals surface area contributed by atoms with Crippen LogP contribution in [0.25, 0.3) is 0 Å². The highest BCUT2D eigenvalue weighted by Gasteiger charge is 2.13. The predicted molar refractivity (Wildman–Crippen MR) is 61.6 cm³/mol. The molecule has 15 heavy (non-hydrogen) atoms. The molecule has 88 valence electrons. The molecular formula is C11H23N3O. The van der Waals surface area contributed by atoms with Crippen LogP contribution in [-0.2, 0) is 4.79 Å². The first kappa shape index (κ1) is 12.5. The monoisotopic (exact) mass is 213 g/mol. The molecule has 4 heteroatoms.